The summed E-state index contributed by atoms with van der Waals surface area (Å²) in [6.45, 7) is 5.53. The summed E-state index contributed by atoms with van der Waals surface area (Å²) in [6.07, 6.45) is 1.63. The monoisotopic (exact) mass is 595 g/mol. The van der Waals surface area contributed by atoms with Crippen molar-refractivity contribution >= 4 is 29.6 Å². The Kier molecular flexibility index (Phi) is 12.5. The average Bonchev–Trinajstić information content (AvgIpc) is 3.53. The van der Waals surface area contributed by atoms with E-state index in [1.165, 1.54) is 6.92 Å². The number of carbonyl (C=O) groups is 5. The highest BCUT2D eigenvalue weighted by Gasteiger charge is 2.32. The maximum Gasteiger partial charge on any atom is 0.322 e. The smallest absolute Gasteiger partial charge is 0.322 e. The molecule has 4 atom stereocenters. The van der Waals surface area contributed by atoms with Crippen LogP contribution in [0, 0.1) is 5.92 Å². The van der Waals surface area contributed by atoms with Crippen LogP contribution >= 0.6 is 0 Å². The van der Waals surface area contributed by atoms with Crippen LogP contribution in [0.15, 0.2) is 54.6 Å². The van der Waals surface area contributed by atoms with E-state index in [2.05, 4.69) is 26.6 Å². The molecule has 1 fully saturated rings. The van der Waals surface area contributed by atoms with Gasteiger partial charge in [-0.15, -0.1) is 0 Å². The van der Waals surface area contributed by atoms with Gasteiger partial charge in [-0.25, -0.2) is 0 Å². The Hall–Kier alpha value is -4.45. The molecule has 4 amide bonds. The van der Waals surface area contributed by atoms with E-state index in [9.17, 15) is 24.0 Å². The predicted molar refractivity (Wildman–Crippen MR) is 159 cm³/mol. The summed E-state index contributed by atoms with van der Waals surface area (Å²) < 4.78 is 5.84. The van der Waals surface area contributed by atoms with Gasteiger partial charge in [0.25, 0.3) is 0 Å². The van der Waals surface area contributed by atoms with Crippen LogP contribution in [-0.2, 0) is 37.0 Å². The second-order valence-corrected chi connectivity index (χ2v) is 10.9. The van der Waals surface area contributed by atoms with Crippen LogP contribution in [0.2, 0.25) is 0 Å². The molecule has 1 heterocycles. The van der Waals surface area contributed by atoms with Crippen molar-refractivity contribution in [1.82, 2.24) is 26.6 Å². The van der Waals surface area contributed by atoms with Crippen molar-refractivity contribution in [2.24, 2.45) is 5.92 Å². The van der Waals surface area contributed by atoms with Crippen molar-refractivity contribution in [3.8, 4) is 5.75 Å². The molecule has 2 aromatic carbocycles. The number of ether oxygens (including phenoxy) is 1. The SMILES string of the molecule is CC(C)[C@H](NC(=O)[C@@H]1CCCN1)C(=O)N[C@@H](Cc1ccc(OCc2ccccc2)cc1)C(=O)N[C@@H](C)C(=O)NCC(=O)O. The molecule has 0 bridgehead atoms. The van der Waals surface area contributed by atoms with Crippen molar-refractivity contribution < 1.29 is 33.8 Å². The Morgan fingerprint density at radius 1 is 0.884 bits per heavy atom. The predicted octanol–water partition coefficient (Wildman–Crippen LogP) is 0.891. The molecule has 0 radical (unpaired) electrons. The van der Waals surface area contributed by atoms with Crippen LogP contribution in [0.4, 0.5) is 0 Å². The second kappa shape index (κ2) is 16.3. The van der Waals surface area contributed by atoms with Gasteiger partial charge in [-0.3, -0.25) is 24.0 Å². The van der Waals surface area contributed by atoms with E-state index < -0.39 is 48.4 Å². The number of carboxylic acids is 1. The van der Waals surface area contributed by atoms with Gasteiger partial charge >= 0.3 is 5.97 Å². The van der Waals surface area contributed by atoms with Gasteiger partial charge < -0.3 is 36.4 Å². The number of hydrogen-bond donors (Lipinski definition) is 6. The maximum atomic E-state index is 13.4. The topological polar surface area (TPSA) is 175 Å². The number of amides is 4. The average molecular weight is 596 g/mol. The third-order valence-corrected chi connectivity index (χ3v) is 7.03. The van der Waals surface area contributed by atoms with E-state index in [1.54, 1.807) is 38.1 Å². The van der Waals surface area contributed by atoms with E-state index >= 15 is 0 Å². The Morgan fingerprint density at radius 2 is 1.58 bits per heavy atom. The normalized spacial score (nSPS) is 16.4. The molecule has 3 rings (SSSR count). The molecule has 12 nitrogen and oxygen atoms in total. The molecule has 6 N–H and O–H groups in total. The summed E-state index contributed by atoms with van der Waals surface area (Å²) in [5.74, 6) is -2.99. The van der Waals surface area contributed by atoms with Crippen molar-refractivity contribution in [3.63, 3.8) is 0 Å². The molecular formula is C31H41N5O7. The van der Waals surface area contributed by atoms with E-state index in [1.807, 2.05) is 30.3 Å². The first-order valence-corrected chi connectivity index (χ1v) is 14.4. The number of rotatable bonds is 15. The number of carboxylic acid groups (broad SMARTS) is 1. The van der Waals surface area contributed by atoms with Crippen LogP contribution in [-0.4, -0.2) is 72.0 Å². The molecular weight excluding hydrogens is 554 g/mol. The lowest BCUT2D eigenvalue weighted by atomic mass is 10.00. The molecule has 1 aliphatic rings. The minimum absolute atomic E-state index is 0.0863. The lowest BCUT2D eigenvalue weighted by Gasteiger charge is -2.27. The zero-order chi connectivity index (χ0) is 31.4. The summed E-state index contributed by atoms with van der Waals surface area (Å²) >= 11 is 0. The fourth-order valence-electron chi connectivity index (χ4n) is 4.56. The third-order valence-electron chi connectivity index (χ3n) is 7.03. The Bertz CT molecular complexity index is 1250. The van der Waals surface area contributed by atoms with E-state index in [0.717, 1.165) is 24.1 Å². The molecule has 43 heavy (non-hydrogen) atoms. The van der Waals surface area contributed by atoms with Gasteiger partial charge in [0.05, 0.1) is 6.04 Å². The molecule has 0 spiro atoms. The Balaban J connectivity index is 1.71. The molecule has 1 saturated heterocycles. The zero-order valence-electron chi connectivity index (χ0n) is 24.7. The van der Waals surface area contributed by atoms with Crippen molar-refractivity contribution in [3.05, 3.63) is 65.7 Å². The van der Waals surface area contributed by atoms with Crippen LogP contribution < -0.4 is 31.3 Å². The second-order valence-electron chi connectivity index (χ2n) is 10.9. The lowest BCUT2D eigenvalue weighted by Crippen LogP contribution is -2.59. The highest BCUT2D eigenvalue weighted by molar-refractivity contribution is 5.95. The third kappa shape index (κ3) is 10.7. The molecule has 0 aliphatic carbocycles. The van der Waals surface area contributed by atoms with Crippen molar-refractivity contribution in [2.75, 3.05) is 13.1 Å². The zero-order valence-corrected chi connectivity index (χ0v) is 24.7. The molecule has 2 aromatic rings. The maximum absolute atomic E-state index is 13.4. The van der Waals surface area contributed by atoms with Crippen molar-refractivity contribution in [2.45, 2.75) is 70.8 Å². The van der Waals surface area contributed by atoms with Gasteiger partial charge in [0.15, 0.2) is 0 Å². The first kappa shape index (κ1) is 33.1. The van der Waals surface area contributed by atoms with Gasteiger partial charge in [-0.2, -0.15) is 0 Å². The molecule has 0 unspecified atom stereocenters. The standard InChI is InChI=1S/C31H41N5O7/c1-19(2)27(36-29(40)24-10-7-15-32-24)31(42)35-25(30(41)34-20(3)28(39)33-17-26(37)38)16-21-11-13-23(14-12-21)43-18-22-8-5-4-6-9-22/h4-6,8-9,11-14,19-20,24-25,27,32H,7,10,15-18H2,1-3H3,(H,33,39)(H,34,41)(H,35,42)(H,36,40)(H,37,38)/t20-,24-,25-,27-/m0/s1. The fourth-order valence-corrected chi connectivity index (χ4v) is 4.56. The van der Waals surface area contributed by atoms with Gasteiger partial charge in [0.2, 0.25) is 23.6 Å². The Morgan fingerprint density at radius 3 is 2.19 bits per heavy atom. The Labute approximate surface area is 251 Å². The fraction of sp³-hybridized carbons (Fsp3) is 0.452. The van der Waals surface area contributed by atoms with Crippen LogP contribution in [0.5, 0.6) is 5.75 Å². The summed E-state index contributed by atoms with van der Waals surface area (Å²) in [5.41, 5.74) is 1.74. The number of benzene rings is 2. The quantitative estimate of drug-likeness (QED) is 0.176. The first-order chi connectivity index (χ1) is 20.5. The summed E-state index contributed by atoms with van der Waals surface area (Å²) in [4.78, 5) is 62.6. The molecule has 12 heteroatoms. The molecule has 232 valence electrons. The van der Waals surface area contributed by atoms with Gasteiger partial charge in [0.1, 0.15) is 37.0 Å². The van der Waals surface area contributed by atoms with E-state index in [0.29, 0.717) is 18.8 Å². The number of hydrogen-bond acceptors (Lipinski definition) is 7. The van der Waals surface area contributed by atoms with Crippen molar-refractivity contribution in [1.29, 1.82) is 0 Å². The first-order valence-electron chi connectivity index (χ1n) is 14.4. The van der Waals surface area contributed by atoms with E-state index in [4.69, 9.17) is 9.84 Å². The van der Waals surface area contributed by atoms with Crippen LogP contribution in [0.1, 0.15) is 44.7 Å². The molecule has 0 aromatic heterocycles. The highest BCUT2D eigenvalue weighted by Crippen LogP contribution is 2.16. The minimum Gasteiger partial charge on any atom is -0.489 e. The van der Waals surface area contributed by atoms with Gasteiger partial charge in [-0.1, -0.05) is 56.3 Å². The summed E-state index contributed by atoms with van der Waals surface area (Å²) in [7, 11) is 0. The van der Waals surface area contributed by atoms with Gasteiger partial charge in [-0.05, 0) is 55.5 Å². The van der Waals surface area contributed by atoms with Gasteiger partial charge in [0, 0.05) is 6.42 Å². The lowest BCUT2D eigenvalue weighted by molar-refractivity contribution is -0.138. The number of aliphatic carboxylic acids is 1. The van der Waals surface area contributed by atoms with Crippen LogP contribution in [0.25, 0.3) is 0 Å². The number of carbonyl (C=O) groups excluding carboxylic acids is 4. The van der Waals surface area contributed by atoms with E-state index in [-0.39, 0.29) is 24.3 Å². The number of nitrogens with one attached hydrogen (secondary N) is 5. The molecule has 0 saturated carbocycles. The largest absolute Gasteiger partial charge is 0.489 e. The minimum atomic E-state index is -1.22. The summed E-state index contributed by atoms with van der Waals surface area (Å²) in [6, 6.07) is 13.4. The molecule has 1 aliphatic heterocycles. The summed E-state index contributed by atoms with van der Waals surface area (Å²) in [5, 5.41) is 22.3. The highest BCUT2D eigenvalue weighted by atomic mass is 16.5. The van der Waals surface area contributed by atoms with Crippen LogP contribution in [0.3, 0.4) is 0 Å².